The van der Waals surface area contributed by atoms with Gasteiger partial charge in [0.1, 0.15) is 5.76 Å². The third-order valence-corrected chi connectivity index (χ3v) is 5.20. The lowest BCUT2D eigenvalue weighted by Crippen LogP contribution is -2.24. The van der Waals surface area contributed by atoms with Crippen LogP contribution in [0.25, 0.3) is 5.57 Å². The van der Waals surface area contributed by atoms with Crippen molar-refractivity contribution in [2.45, 2.75) is 59.2 Å². The van der Waals surface area contributed by atoms with Crippen molar-refractivity contribution >= 4 is 11.4 Å². The highest BCUT2D eigenvalue weighted by Crippen LogP contribution is 2.38. The highest BCUT2D eigenvalue weighted by atomic mass is 16.7. The maximum Gasteiger partial charge on any atom is 0.167 e. The summed E-state index contributed by atoms with van der Waals surface area (Å²) in [5, 5.41) is 10.7. The number of benzene rings is 1. The second-order valence-corrected chi connectivity index (χ2v) is 7.09. The smallest absolute Gasteiger partial charge is 0.167 e. The zero-order chi connectivity index (χ0) is 18.0. The van der Waals surface area contributed by atoms with Crippen molar-refractivity contribution in [3.63, 3.8) is 0 Å². The predicted octanol–water partition coefficient (Wildman–Crippen LogP) is 4.13. The first-order chi connectivity index (χ1) is 12.0. The summed E-state index contributed by atoms with van der Waals surface area (Å²) in [6.07, 6.45) is 3.09. The van der Waals surface area contributed by atoms with E-state index in [2.05, 4.69) is 32.9 Å². The van der Waals surface area contributed by atoms with Gasteiger partial charge in [-0.3, -0.25) is 4.79 Å². The van der Waals surface area contributed by atoms with Crippen molar-refractivity contribution < 1.29 is 19.4 Å². The van der Waals surface area contributed by atoms with E-state index in [0.717, 1.165) is 29.5 Å². The minimum Gasteiger partial charge on any atom is -0.512 e. The third-order valence-electron chi connectivity index (χ3n) is 5.20. The molecule has 1 saturated heterocycles. The van der Waals surface area contributed by atoms with Crippen LogP contribution < -0.4 is 0 Å². The van der Waals surface area contributed by atoms with Crippen molar-refractivity contribution in [3.05, 3.63) is 40.1 Å². The predicted molar refractivity (Wildman–Crippen MR) is 97.5 cm³/mol. The molecule has 2 aliphatic rings. The van der Waals surface area contributed by atoms with E-state index in [1.54, 1.807) is 0 Å². The molecule has 1 heterocycles. The summed E-state index contributed by atoms with van der Waals surface area (Å²) in [5.74, 6) is 0.354. The molecule has 1 aromatic carbocycles. The minimum absolute atomic E-state index is 0.0417. The number of hydrogen-bond donors (Lipinski definition) is 1. The van der Waals surface area contributed by atoms with E-state index in [1.165, 1.54) is 5.56 Å². The average molecular weight is 344 g/mol. The van der Waals surface area contributed by atoms with Crippen LogP contribution in [-0.2, 0) is 27.1 Å². The molecule has 3 rings (SSSR count). The van der Waals surface area contributed by atoms with Crippen LogP contribution in [-0.4, -0.2) is 30.4 Å². The van der Waals surface area contributed by atoms with E-state index in [1.807, 2.05) is 0 Å². The lowest BCUT2D eigenvalue weighted by atomic mass is 9.79. The number of aryl methyl sites for hydroxylation is 3. The van der Waals surface area contributed by atoms with Gasteiger partial charge in [0.25, 0.3) is 0 Å². The van der Waals surface area contributed by atoms with E-state index in [0.29, 0.717) is 38.0 Å². The number of Topliss-reactive ketones (excluding diaryl/α,β-unsaturated/α-hetero) is 1. The summed E-state index contributed by atoms with van der Waals surface area (Å²) in [4.78, 5) is 12.9. The number of carbonyl (C=O) groups is 1. The summed E-state index contributed by atoms with van der Waals surface area (Å²) < 4.78 is 11.0. The molecule has 1 unspecified atom stereocenters. The highest BCUT2D eigenvalue weighted by Gasteiger charge is 2.33. The number of allylic oxidation sites excluding steroid dienone is 2. The van der Waals surface area contributed by atoms with Crippen LogP contribution >= 0.6 is 0 Å². The molecular formula is C21H28O4. The molecule has 1 fully saturated rings. The van der Waals surface area contributed by atoms with Gasteiger partial charge in [0.15, 0.2) is 12.1 Å². The number of carbonyl (C=O) groups excluding carboxylic acids is 1. The first kappa shape index (κ1) is 18.2. The Bertz CT molecular complexity index is 658. The summed E-state index contributed by atoms with van der Waals surface area (Å²) in [5.41, 5.74) is 5.00. The summed E-state index contributed by atoms with van der Waals surface area (Å²) in [6, 6.07) is 4.27. The highest BCUT2D eigenvalue weighted by molar-refractivity contribution is 6.22. The van der Waals surface area contributed by atoms with Crippen molar-refractivity contribution in [3.8, 4) is 0 Å². The van der Waals surface area contributed by atoms with Crippen LogP contribution in [0.1, 0.15) is 55.4 Å². The topological polar surface area (TPSA) is 55.8 Å². The molecule has 1 atom stereocenters. The minimum atomic E-state index is -0.232. The largest absolute Gasteiger partial charge is 0.512 e. The lowest BCUT2D eigenvalue weighted by molar-refractivity contribution is -0.116. The summed E-state index contributed by atoms with van der Waals surface area (Å²) in [6.45, 7) is 7.50. The number of aliphatic hydroxyl groups is 1. The van der Waals surface area contributed by atoms with Gasteiger partial charge in [-0.25, -0.2) is 0 Å². The normalized spacial score (nSPS) is 22.0. The Balaban J connectivity index is 1.93. The first-order valence-electron chi connectivity index (χ1n) is 9.34. The Kier molecular flexibility index (Phi) is 5.60. The SMILES string of the molecule is CCc1cc(C)cc(CC)c1C1=C(O)CC(CC2OCCO2)CC1=O. The molecule has 1 aromatic rings. The van der Waals surface area contributed by atoms with Gasteiger partial charge in [0.05, 0.1) is 18.8 Å². The molecule has 0 bridgehead atoms. The standard InChI is InChI=1S/C21H28O4/c1-4-15-8-13(3)9-16(5-2)20(15)21-17(22)10-14(11-18(21)23)12-19-24-6-7-25-19/h8-9,14,19,22H,4-7,10-12H2,1-3H3. The molecule has 1 N–H and O–H groups in total. The molecular weight excluding hydrogens is 316 g/mol. The van der Waals surface area contributed by atoms with Crippen molar-refractivity contribution in [1.82, 2.24) is 0 Å². The monoisotopic (exact) mass is 344 g/mol. The molecule has 1 aliphatic heterocycles. The van der Waals surface area contributed by atoms with Gasteiger partial charge in [-0.15, -0.1) is 0 Å². The molecule has 4 heteroatoms. The van der Waals surface area contributed by atoms with Gasteiger partial charge in [-0.2, -0.15) is 0 Å². The summed E-state index contributed by atoms with van der Waals surface area (Å²) >= 11 is 0. The summed E-state index contributed by atoms with van der Waals surface area (Å²) in [7, 11) is 0. The van der Waals surface area contributed by atoms with E-state index < -0.39 is 0 Å². The molecule has 0 spiro atoms. The number of aliphatic hydroxyl groups excluding tert-OH is 1. The Morgan fingerprint density at radius 2 is 1.68 bits per heavy atom. The van der Waals surface area contributed by atoms with Crippen LogP contribution in [0.3, 0.4) is 0 Å². The quantitative estimate of drug-likeness (QED) is 0.872. The number of rotatable bonds is 5. The van der Waals surface area contributed by atoms with Gasteiger partial charge in [-0.05, 0) is 42.4 Å². The molecule has 25 heavy (non-hydrogen) atoms. The Labute approximate surface area is 149 Å². The molecule has 0 amide bonds. The van der Waals surface area contributed by atoms with Gasteiger partial charge < -0.3 is 14.6 Å². The maximum atomic E-state index is 12.9. The second kappa shape index (κ2) is 7.71. The zero-order valence-electron chi connectivity index (χ0n) is 15.4. The van der Waals surface area contributed by atoms with Gasteiger partial charge in [0, 0.05) is 19.3 Å². The van der Waals surface area contributed by atoms with E-state index >= 15 is 0 Å². The van der Waals surface area contributed by atoms with Gasteiger partial charge >= 0.3 is 0 Å². The average Bonchev–Trinajstić information content (AvgIpc) is 3.07. The lowest BCUT2D eigenvalue weighted by Gasteiger charge is -2.27. The number of ether oxygens (including phenoxy) is 2. The molecule has 0 aromatic heterocycles. The fourth-order valence-corrected chi connectivity index (χ4v) is 4.06. The molecule has 1 aliphatic carbocycles. The molecule has 136 valence electrons. The Morgan fingerprint density at radius 1 is 1.08 bits per heavy atom. The van der Waals surface area contributed by atoms with Crippen LogP contribution in [0.2, 0.25) is 0 Å². The van der Waals surface area contributed by atoms with Crippen molar-refractivity contribution in [2.75, 3.05) is 13.2 Å². The van der Waals surface area contributed by atoms with Crippen LogP contribution in [0.15, 0.2) is 17.9 Å². The van der Waals surface area contributed by atoms with Crippen LogP contribution in [0, 0.1) is 12.8 Å². The Hall–Kier alpha value is -1.65. The van der Waals surface area contributed by atoms with Crippen LogP contribution in [0.4, 0.5) is 0 Å². The molecule has 4 nitrogen and oxygen atoms in total. The molecule has 0 saturated carbocycles. The Morgan fingerprint density at radius 3 is 2.20 bits per heavy atom. The van der Waals surface area contributed by atoms with Crippen molar-refractivity contribution in [1.29, 1.82) is 0 Å². The molecule has 0 radical (unpaired) electrons. The fraction of sp³-hybridized carbons (Fsp3) is 0.571. The van der Waals surface area contributed by atoms with Gasteiger partial charge in [-0.1, -0.05) is 31.5 Å². The maximum absolute atomic E-state index is 12.9. The number of hydrogen-bond acceptors (Lipinski definition) is 4. The zero-order valence-corrected chi connectivity index (χ0v) is 15.4. The van der Waals surface area contributed by atoms with Gasteiger partial charge in [0.2, 0.25) is 0 Å². The second-order valence-electron chi connectivity index (χ2n) is 7.09. The van der Waals surface area contributed by atoms with E-state index in [4.69, 9.17) is 9.47 Å². The number of ketones is 1. The first-order valence-corrected chi connectivity index (χ1v) is 9.34. The van der Waals surface area contributed by atoms with Crippen LogP contribution in [0.5, 0.6) is 0 Å². The fourth-order valence-electron chi connectivity index (χ4n) is 4.06. The van der Waals surface area contributed by atoms with Crippen molar-refractivity contribution in [2.24, 2.45) is 5.92 Å². The third kappa shape index (κ3) is 3.80. The van der Waals surface area contributed by atoms with E-state index in [9.17, 15) is 9.90 Å². The van der Waals surface area contributed by atoms with E-state index in [-0.39, 0.29) is 23.8 Å².